The Morgan fingerprint density at radius 2 is 2.56 bits per heavy atom. The molecule has 0 N–H and O–H groups in total. The molecule has 0 aliphatic rings. The van der Waals surface area contributed by atoms with E-state index in [1.807, 2.05) is 6.92 Å². The molecule has 0 aliphatic heterocycles. The number of oxazole rings is 1. The van der Waals surface area contributed by atoms with E-state index in [4.69, 9.17) is 16.0 Å². The first-order valence-electron chi connectivity index (χ1n) is 2.85. The van der Waals surface area contributed by atoms with Crippen molar-refractivity contribution >= 4 is 11.6 Å². The summed E-state index contributed by atoms with van der Waals surface area (Å²) in [5.74, 6) is 1.34. The minimum atomic E-state index is 0.444. The van der Waals surface area contributed by atoms with Gasteiger partial charge in [0.25, 0.3) is 0 Å². The average molecular weight is 146 g/mol. The summed E-state index contributed by atoms with van der Waals surface area (Å²) in [6, 6.07) is 0. The van der Waals surface area contributed by atoms with Gasteiger partial charge in [0, 0.05) is 6.42 Å². The first-order valence-corrected chi connectivity index (χ1v) is 3.39. The van der Waals surface area contributed by atoms with Gasteiger partial charge in [-0.05, 0) is 0 Å². The van der Waals surface area contributed by atoms with Crippen LogP contribution in [-0.4, -0.2) is 4.98 Å². The van der Waals surface area contributed by atoms with E-state index in [9.17, 15) is 0 Å². The third-order valence-electron chi connectivity index (χ3n) is 1.17. The monoisotopic (exact) mass is 145 g/mol. The van der Waals surface area contributed by atoms with E-state index in [2.05, 4.69) is 4.98 Å². The van der Waals surface area contributed by atoms with Crippen LogP contribution in [-0.2, 0) is 12.3 Å². The molecule has 1 rings (SSSR count). The van der Waals surface area contributed by atoms with Crippen LogP contribution in [0.15, 0.2) is 10.8 Å². The summed E-state index contributed by atoms with van der Waals surface area (Å²) in [4.78, 5) is 3.91. The van der Waals surface area contributed by atoms with Crippen LogP contribution in [0.5, 0.6) is 0 Å². The molecule has 9 heavy (non-hydrogen) atoms. The molecule has 2 nitrogen and oxygen atoms in total. The van der Waals surface area contributed by atoms with Crippen LogP contribution in [0.3, 0.4) is 0 Å². The van der Waals surface area contributed by atoms with E-state index in [0.717, 1.165) is 17.9 Å². The van der Waals surface area contributed by atoms with Crippen molar-refractivity contribution in [3.05, 3.63) is 17.8 Å². The Labute approximate surface area is 58.8 Å². The van der Waals surface area contributed by atoms with Crippen LogP contribution in [0, 0.1) is 0 Å². The van der Waals surface area contributed by atoms with Crippen molar-refractivity contribution in [3.63, 3.8) is 0 Å². The van der Waals surface area contributed by atoms with Gasteiger partial charge in [-0.1, -0.05) is 6.92 Å². The Morgan fingerprint density at radius 3 is 3.00 bits per heavy atom. The molecule has 0 saturated heterocycles. The molecular weight excluding hydrogens is 138 g/mol. The molecule has 0 spiro atoms. The fourth-order valence-corrected chi connectivity index (χ4v) is 0.908. The van der Waals surface area contributed by atoms with Crippen LogP contribution in [0.2, 0.25) is 0 Å². The van der Waals surface area contributed by atoms with Gasteiger partial charge in [-0.3, -0.25) is 0 Å². The maximum Gasteiger partial charge on any atom is 0.181 e. The van der Waals surface area contributed by atoms with Gasteiger partial charge in [-0.15, -0.1) is 11.6 Å². The first kappa shape index (κ1) is 6.62. The average Bonchev–Trinajstić information content (AvgIpc) is 2.33. The van der Waals surface area contributed by atoms with Crippen LogP contribution in [0.4, 0.5) is 0 Å². The van der Waals surface area contributed by atoms with E-state index in [0.29, 0.717) is 5.88 Å². The van der Waals surface area contributed by atoms with Crippen LogP contribution >= 0.6 is 11.6 Å². The zero-order chi connectivity index (χ0) is 6.69. The fraction of sp³-hybridized carbons (Fsp3) is 0.500. The van der Waals surface area contributed by atoms with Crippen LogP contribution in [0.25, 0.3) is 0 Å². The number of aromatic nitrogens is 1. The molecule has 0 fully saturated rings. The summed E-state index contributed by atoms with van der Waals surface area (Å²) in [6.07, 6.45) is 2.29. The summed E-state index contributed by atoms with van der Waals surface area (Å²) in [5, 5.41) is 0. The normalized spacial score (nSPS) is 10.0. The highest BCUT2D eigenvalue weighted by Gasteiger charge is 2.02. The summed E-state index contributed by atoms with van der Waals surface area (Å²) in [7, 11) is 0. The zero-order valence-electron chi connectivity index (χ0n) is 5.22. The van der Waals surface area contributed by atoms with Gasteiger partial charge in [-0.2, -0.15) is 0 Å². The highest BCUT2D eigenvalue weighted by atomic mass is 35.5. The second-order valence-electron chi connectivity index (χ2n) is 1.71. The molecule has 1 aromatic heterocycles. The van der Waals surface area contributed by atoms with Crippen LogP contribution in [0.1, 0.15) is 18.4 Å². The third kappa shape index (κ3) is 1.24. The first-order chi connectivity index (χ1) is 4.38. The van der Waals surface area contributed by atoms with Gasteiger partial charge < -0.3 is 4.42 Å². The highest BCUT2D eigenvalue weighted by molar-refractivity contribution is 6.16. The van der Waals surface area contributed by atoms with Crippen molar-refractivity contribution in [1.82, 2.24) is 4.98 Å². The molecular formula is C6H8ClNO. The predicted molar refractivity (Wildman–Crippen MR) is 35.4 cm³/mol. The Hall–Kier alpha value is -0.500. The fourth-order valence-electron chi connectivity index (χ4n) is 0.690. The minimum Gasteiger partial charge on any atom is -0.448 e. The molecule has 0 atom stereocenters. The topological polar surface area (TPSA) is 26.0 Å². The van der Waals surface area contributed by atoms with Gasteiger partial charge in [0.15, 0.2) is 6.39 Å². The molecule has 0 radical (unpaired) electrons. The molecule has 1 aromatic rings. The number of rotatable bonds is 2. The second-order valence-corrected chi connectivity index (χ2v) is 1.98. The third-order valence-corrected chi connectivity index (χ3v) is 1.43. The van der Waals surface area contributed by atoms with E-state index in [1.54, 1.807) is 0 Å². The molecule has 0 unspecified atom stereocenters. The summed E-state index contributed by atoms with van der Waals surface area (Å²) in [6.45, 7) is 2.01. The smallest absolute Gasteiger partial charge is 0.181 e. The molecule has 0 aliphatic carbocycles. The van der Waals surface area contributed by atoms with Crippen LogP contribution < -0.4 is 0 Å². The van der Waals surface area contributed by atoms with E-state index >= 15 is 0 Å². The lowest BCUT2D eigenvalue weighted by Gasteiger charge is -1.88. The van der Waals surface area contributed by atoms with Crippen molar-refractivity contribution in [3.8, 4) is 0 Å². The van der Waals surface area contributed by atoms with Gasteiger partial charge in [0.1, 0.15) is 5.76 Å². The Balaban J connectivity index is 2.85. The number of aryl methyl sites for hydroxylation is 1. The van der Waals surface area contributed by atoms with Crippen molar-refractivity contribution < 1.29 is 4.42 Å². The van der Waals surface area contributed by atoms with E-state index in [1.165, 1.54) is 6.39 Å². The molecule has 0 saturated carbocycles. The molecule has 0 amide bonds. The van der Waals surface area contributed by atoms with E-state index in [-0.39, 0.29) is 0 Å². The van der Waals surface area contributed by atoms with Gasteiger partial charge in [-0.25, -0.2) is 4.98 Å². The van der Waals surface area contributed by atoms with Crippen molar-refractivity contribution in [2.45, 2.75) is 19.2 Å². The quantitative estimate of drug-likeness (QED) is 0.595. The van der Waals surface area contributed by atoms with E-state index < -0.39 is 0 Å². The maximum absolute atomic E-state index is 5.53. The second kappa shape index (κ2) is 2.87. The molecule has 3 heteroatoms. The zero-order valence-corrected chi connectivity index (χ0v) is 5.98. The molecule has 1 heterocycles. The lowest BCUT2D eigenvalue weighted by atomic mass is 10.3. The van der Waals surface area contributed by atoms with Gasteiger partial charge >= 0.3 is 0 Å². The predicted octanol–water partition coefficient (Wildman–Crippen LogP) is 1.98. The van der Waals surface area contributed by atoms with Crippen molar-refractivity contribution in [2.24, 2.45) is 0 Å². The highest BCUT2D eigenvalue weighted by Crippen LogP contribution is 2.08. The summed E-state index contributed by atoms with van der Waals surface area (Å²) in [5.41, 5.74) is 0.860. The standard InChI is InChI=1S/C6H8ClNO/c1-2-6-5(3-7)8-4-9-6/h4H,2-3H2,1H3. The molecule has 50 valence electrons. The van der Waals surface area contributed by atoms with Crippen molar-refractivity contribution in [1.29, 1.82) is 0 Å². The Morgan fingerprint density at radius 1 is 1.78 bits per heavy atom. The number of hydrogen-bond acceptors (Lipinski definition) is 2. The molecule has 0 bridgehead atoms. The Kier molecular flexibility index (Phi) is 2.11. The lowest BCUT2D eigenvalue weighted by molar-refractivity contribution is 0.508. The number of hydrogen-bond donors (Lipinski definition) is 0. The number of halogens is 1. The van der Waals surface area contributed by atoms with Gasteiger partial charge in [0.2, 0.25) is 0 Å². The number of alkyl halides is 1. The molecule has 0 aromatic carbocycles. The van der Waals surface area contributed by atoms with Crippen molar-refractivity contribution in [2.75, 3.05) is 0 Å². The largest absolute Gasteiger partial charge is 0.448 e. The summed E-state index contributed by atoms with van der Waals surface area (Å²) >= 11 is 5.53. The van der Waals surface area contributed by atoms with Gasteiger partial charge in [0.05, 0.1) is 11.6 Å². The lowest BCUT2D eigenvalue weighted by Crippen LogP contribution is -1.83. The maximum atomic E-state index is 5.53. The minimum absolute atomic E-state index is 0.444. The number of nitrogens with zero attached hydrogens (tertiary/aromatic N) is 1. The Bertz CT molecular complexity index is 166. The SMILES string of the molecule is CCc1ocnc1CCl. The summed E-state index contributed by atoms with van der Waals surface area (Å²) < 4.78 is 5.01.